The van der Waals surface area contributed by atoms with Crippen LogP contribution in [0.3, 0.4) is 0 Å². The molecular weight excluding hydrogens is 290 g/mol. The lowest BCUT2D eigenvalue weighted by molar-refractivity contribution is 0.737. The lowest BCUT2D eigenvalue weighted by Gasteiger charge is -2.09. The Kier molecular flexibility index (Phi) is 4.49. The van der Waals surface area contributed by atoms with Gasteiger partial charge in [0, 0.05) is 17.5 Å². The second kappa shape index (κ2) is 6.71. The van der Waals surface area contributed by atoms with Crippen molar-refractivity contribution >= 4 is 22.3 Å². The van der Waals surface area contributed by atoms with Gasteiger partial charge in [0.2, 0.25) is 0 Å². The summed E-state index contributed by atoms with van der Waals surface area (Å²) in [5.74, 6) is 1.23. The van der Waals surface area contributed by atoms with E-state index in [2.05, 4.69) is 53.8 Å². The van der Waals surface area contributed by atoms with Gasteiger partial charge in [0.15, 0.2) is 5.13 Å². The minimum Gasteiger partial charge on any atom is -0.316 e. The average molecular weight is 309 g/mol. The molecule has 1 N–H and O–H groups in total. The molecule has 0 aliphatic rings. The van der Waals surface area contributed by atoms with Gasteiger partial charge in [-0.2, -0.15) is 0 Å². The van der Waals surface area contributed by atoms with E-state index in [1.165, 1.54) is 11.1 Å². The van der Waals surface area contributed by atoms with Crippen LogP contribution in [0.1, 0.15) is 29.7 Å². The molecule has 2 heterocycles. The highest BCUT2D eigenvalue weighted by Crippen LogP contribution is 2.26. The summed E-state index contributed by atoms with van der Waals surface area (Å²) in [6.07, 6.45) is 2.78. The third-order valence-corrected chi connectivity index (χ3v) is 4.33. The maximum atomic E-state index is 4.69. The minimum atomic E-state index is 0.400. The van der Waals surface area contributed by atoms with Crippen molar-refractivity contribution in [3.05, 3.63) is 70.9 Å². The summed E-state index contributed by atoms with van der Waals surface area (Å²) >= 11 is 1.62. The number of nitrogens with one attached hydrogen (secondary N) is 1. The Hall–Kier alpha value is -2.20. The molecule has 0 aliphatic carbocycles. The average Bonchev–Trinajstić information content (AvgIpc) is 2.97. The molecule has 0 radical (unpaired) electrons. The van der Waals surface area contributed by atoms with Crippen LogP contribution in [0.15, 0.2) is 54.0 Å². The summed E-state index contributed by atoms with van der Waals surface area (Å²) in [7, 11) is 0. The first-order valence-electron chi connectivity index (χ1n) is 7.40. The Balaban J connectivity index is 1.68. The second-order valence-corrected chi connectivity index (χ2v) is 6.37. The predicted octanol–water partition coefficient (Wildman–Crippen LogP) is 4.94. The summed E-state index contributed by atoms with van der Waals surface area (Å²) in [6, 6.07) is 14.5. The maximum Gasteiger partial charge on any atom is 0.188 e. The fourth-order valence-corrected chi connectivity index (χ4v) is 3.25. The SMILES string of the molecule is Cc1cccc(CC(C)c2csc(Nc3ccccn3)n2)c1. The number of benzene rings is 1. The number of anilines is 2. The third kappa shape index (κ3) is 3.71. The lowest BCUT2D eigenvalue weighted by atomic mass is 9.98. The molecule has 0 bridgehead atoms. The Bertz CT molecular complexity index is 737. The Morgan fingerprint density at radius 3 is 2.86 bits per heavy atom. The van der Waals surface area contributed by atoms with Crippen molar-refractivity contribution in [2.45, 2.75) is 26.2 Å². The Morgan fingerprint density at radius 1 is 1.18 bits per heavy atom. The van der Waals surface area contributed by atoms with Crippen molar-refractivity contribution in [1.82, 2.24) is 9.97 Å². The van der Waals surface area contributed by atoms with Gasteiger partial charge in [-0.15, -0.1) is 11.3 Å². The molecule has 22 heavy (non-hydrogen) atoms. The van der Waals surface area contributed by atoms with E-state index in [4.69, 9.17) is 4.98 Å². The van der Waals surface area contributed by atoms with Crippen LogP contribution >= 0.6 is 11.3 Å². The summed E-state index contributed by atoms with van der Waals surface area (Å²) in [5.41, 5.74) is 3.80. The number of rotatable bonds is 5. The van der Waals surface area contributed by atoms with E-state index in [0.717, 1.165) is 23.1 Å². The molecule has 0 saturated carbocycles. The number of pyridine rings is 1. The largest absolute Gasteiger partial charge is 0.316 e. The van der Waals surface area contributed by atoms with Crippen LogP contribution in [0.2, 0.25) is 0 Å². The summed E-state index contributed by atoms with van der Waals surface area (Å²) in [6.45, 7) is 4.35. The van der Waals surface area contributed by atoms with Crippen LogP contribution in [0.25, 0.3) is 0 Å². The second-order valence-electron chi connectivity index (χ2n) is 5.51. The molecule has 3 aromatic rings. The van der Waals surface area contributed by atoms with Gasteiger partial charge in [0.1, 0.15) is 5.82 Å². The van der Waals surface area contributed by atoms with Crippen molar-refractivity contribution in [1.29, 1.82) is 0 Å². The molecule has 3 nitrogen and oxygen atoms in total. The van der Waals surface area contributed by atoms with Crippen LogP contribution in [0.5, 0.6) is 0 Å². The lowest BCUT2D eigenvalue weighted by Crippen LogP contribution is -2.00. The highest BCUT2D eigenvalue weighted by Gasteiger charge is 2.11. The van der Waals surface area contributed by atoms with E-state index < -0.39 is 0 Å². The van der Waals surface area contributed by atoms with Gasteiger partial charge in [0.05, 0.1) is 5.69 Å². The van der Waals surface area contributed by atoms with Crippen molar-refractivity contribution in [2.24, 2.45) is 0 Å². The topological polar surface area (TPSA) is 37.8 Å². The van der Waals surface area contributed by atoms with E-state index in [1.807, 2.05) is 18.2 Å². The van der Waals surface area contributed by atoms with Crippen LogP contribution in [-0.2, 0) is 6.42 Å². The molecule has 0 saturated heterocycles. The number of aryl methyl sites for hydroxylation is 1. The van der Waals surface area contributed by atoms with E-state index in [-0.39, 0.29) is 0 Å². The molecule has 4 heteroatoms. The first kappa shape index (κ1) is 14.7. The number of hydrogen-bond acceptors (Lipinski definition) is 4. The van der Waals surface area contributed by atoms with Crippen molar-refractivity contribution in [2.75, 3.05) is 5.32 Å². The van der Waals surface area contributed by atoms with E-state index in [0.29, 0.717) is 5.92 Å². The molecule has 0 spiro atoms. The number of nitrogens with zero attached hydrogens (tertiary/aromatic N) is 2. The molecule has 1 unspecified atom stereocenters. The van der Waals surface area contributed by atoms with Crippen LogP contribution in [-0.4, -0.2) is 9.97 Å². The highest BCUT2D eigenvalue weighted by molar-refractivity contribution is 7.13. The van der Waals surface area contributed by atoms with Crippen molar-refractivity contribution < 1.29 is 0 Å². The van der Waals surface area contributed by atoms with Gasteiger partial charge in [-0.3, -0.25) is 0 Å². The fourth-order valence-electron chi connectivity index (χ4n) is 2.41. The highest BCUT2D eigenvalue weighted by atomic mass is 32.1. The monoisotopic (exact) mass is 309 g/mol. The minimum absolute atomic E-state index is 0.400. The smallest absolute Gasteiger partial charge is 0.188 e. The standard InChI is InChI=1S/C18H19N3S/c1-13-6-5-7-15(10-13)11-14(2)16-12-22-18(20-16)21-17-8-3-4-9-19-17/h3-10,12,14H,11H2,1-2H3,(H,19,20,21). The molecule has 0 fully saturated rings. The molecule has 0 amide bonds. The summed E-state index contributed by atoms with van der Waals surface area (Å²) in [5, 5.41) is 6.27. The zero-order chi connectivity index (χ0) is 15.4. The zero-order valence-corrected chi connectivity index (χ0v) is 13.6. The fraction of sp³-hybridized carbons (Fsp3) is 0.222. The summed E-state index contributed by atoms with van der Waals surface area (Å²) < 4.78 is 0. The molecule has 3 rings (SSSR count). The van der Waals surface area contributed by atoms with Gasteiger partial charge in [-0.1, -0.05) is 42.8 Å². The molecule has 0 aliphatic heterocycles. The molecular formula is C18H19N3S. The Labute approximate surface area is 135 Å². The molecule has 1 atom stereocenters. The number of thiazole rings is 1. The van der Waals surface area contributed by atoms with Crippen LogP contribution in [0, 0.1) is 6.92 Å². The van der Waals surface area contributed by atoms with Crippen LogP contribution in [0.4, 0.5) is 10.9 Å². The third-order valence-electron chi connectivity index (χ3n) is 3.55. The van der Waals surface area contributed by atoms with Crippen molar-refractivity contribution in [3.8, 4) is 0 Å². The van der Waals surface area contributed by atoms with Crippen LogP contribution < -0.4 is 5.32 Å². The number of hydrogen-bond donors (Lipinski definition) is 1. The first-order valence-corrected chi connectivity index (χ1v) is 8.28. The Morgan fingerprint density at radius 2 is 2.09 bits per heavy atom. The van der Waals surface area contributed by atoms with Gasteiger partial charge in [-0.05, 0) is 31.0 Å². The number of aromatic nitrogens is 2. The summed E-state index contributed by atoms with van der Waals surface area (Å²) in [4.78, 5) is 8.95. The normalized spacial score (nSPS) is 12.1. The van der Waals surface area contributed by atoms with Gasteiger partial charge in [-0.25, -0.2) is 9.97 Å². The quantitative estimate of drug-likeness (QED) is 0.725. The van der Waals surface area contributed by atoms with E-state index in [9.17, 15) is 0 Å². The van der Waals surface area contributed by atoms with Gasteiger partial charge >= 0.3 is 0 Å². The van der Waals surface area contributed by atoms with Crippen molar-refractivity contribution in [3.63, 3.8) is 0 Å². The van der Waals surface area contributed by atoms with E-state index in [1.54, 1.807) is 17.5 Å². The predicted molar refractivity (Wildman–Crippen MR) is 92.9 cm³/mol. The first-order chi connectivity index (χ1) is 10.7. The van der Waals surface area contributed by atoms with Gasteiger partial charge in [0.25, 0.3) is 0 Å². The molecule has 2 aromatic heterocycles. The molecule has 1 aromatic carbocycles. The van der Waals surface area contributed by atoms with Gasteiger partial charge < -0.3 is 5.32 Å². The van der Waals surface area contributed by atoms with E-state index >= 15 is 0 Å². The maximum absolute atomic E-state index is 4.69. The zero-order valence-electron chi connectivity index (χ0n) is 12.8. The molecule has 112 valence electrons.